The van der Waals surface area contributed by atoms with Gasteiger partial charge in [-0.15, -0.1) is 0 Å². The first-order valence-corrected chi connectivity index (χ1v) is 9.16. The zero-order valence-corrected chi connectivity index (χ0v) is 15.5. The van der Waals surface area contributed by atoms with E-state index in [0.717, 1.165) is 41.4 Å². The van der Waals surface area contributed by atoms with Gasteiger partial charge in [-0.3, -0.25) is 9.88 Å². The number of halogens is 1. The molecule has 1 atom stereocenters. The molecule has 1 aromatic carbocycles. The predicted octanol–water partition coefficient (Wildman–Crippen LogP) is 4.06. The van der Waals surface area contributed by atoms with Crippen LogP contribution in [0.4, 0.5) is 0 Å². The highest BCUT2D eigenvalue weighted by molar-refractivity contribution is 6.32. The molecule has 3 heterocycles. The summed E-state index contributed by atoms with van der Waals surface area (Å²) in [5.41, 5.74) is 4.47. The minimum Gasteiger partial charge on any atom is -0.347 e. The van der Waals surface area contributed by atoms with Crippen LogP contribution in [0.1, 0.15) is 17.5 Å². The SMILES string of the molecule is CN1C=CC(c2ccncc2)=NC1N1CCC=C(c2ccccc2Cl)C1. The molecule has 0 radical (unpaired) electrons. The summed E-state index contributed by atoms with van der Waals surface area (Å²) < 4.78 is 0. The predicted molar refractivity (Wildman–Crippen MR) is 107 cm³/mol. The van der Waals surface area contributed by atoms with Crippen LogP contribution >= 0.6 is 11.6 Å². The molecule has 5 heteroatoms. The van der Waals surface area contributed by atoms with Gasteiger partial charge in [0.2, 0.25) is 0 Å². The van der Waals surface area contributed by atoms with Crippen molar-refractivity contribution in [1.82, 2.24) is 14.8 Å². The first kappa shape index (κ1) is 17.0. The molecule has 2 aliphatic heterocycles. The molecule has 0 bridgehead atoms. The van der Waals surface area contributed by atoms with E-state index in [2.05, 4.69) is 46.2 Å². The minimum atomic E-state index is -0.0191. The van der Waals surface area contributed by atoms with E-state index in [1.165, 1.54) is 5.57 Å². The molecule has 0 saturated carbocycles. The number of aromatic nitrogens is 1. The minimum absolute atomic E-state index is 0.0191. The van der Waals surface area contributed by atoms with Gasteiger partial charge in [-0.25, -0.2) is 4.99 Å². The number of allylic oxidation sites excluding steroid dienone is 1. The quantitative estimate of drug-likeness (QED) is 0.823. The van der Waals surface area contributed by atoms with Gasteiger partial charge in [0.05, 0.1) is 5.71 Å². The third kappa shape index (κ3) is 3.43. The van der Waals surface area contributed by atoms with Gasteiger partial charge in [-0.05, 0) is 41.8 Å². The van der Waals surface area contributed by atoms with E-state index in [9.17, 15) is 0 Å². The fourth-order valence-electron chi connectivity index (χ4n) is 3.44. The monoisotopic (exact) mass is 364 g/mol. The second kappa shape index (κ2) is 7.44. The Morgan fingerprint density at radius 1 is 1.12 bits per heavy atom. The molecule has 4 nitrogen and oxygen atoms in total. The van der Waals surface area contributed by atoms with E-state index in [1.54, 1.807) is 12.4 Å². The van der Waals surface area contributed by atoms with Gasteiger partial charge in [-0.2, -0.15) is 0 Å². The smallest absolute Gasteiger partial charge is 0.179 e. The van der Waals surface area contributed by atoms with E-state index in [0.29, 0.717) is 0 Å². The highest BCUT2D eigenvalue weighted by Gasteiger charge is 2.26. The van der Waals surface area contributed by atoms with Crippen molar-refractivity contribution in [2.45, 2.75) is 12.7 Å². The second-order valence-electron chi connectivity index (χ2n) is 6.55. The largest absolute Gasteiger partial charge is 0.347 e. The maximum absolute atomic E-state index is 6.41. The molecular formula is C21H21ClN4. The summed E-state index contributed by atoms with van der Waals surface area (Å²) in [6.07, 6.45) is 11.0. The lowest BCUT2D eigenvalue weighted by Gasteiger charge is -2.38. The van der Waals surface area contributed by atoms with E-state index in [1.807, 2.05) is 30.3 Å². The molecule has 2 aromatic rings. The van der Waals surface area contributed by atoms with Crippen molar-refractivity contribution in [3.05, 3.63) is 83.3 Å². The molecule has 0 aliphatic carbocycles. The topological polar surface area (TPSA) is 31.7 Å². The Hall–Kier alpha value is -2.43. The molecule has 1 aromatic heterocycles. The Morgan fingerprint density at radius 3 is 2.73 bits per heavy atom. The maximum atomic E-state index is 6.41. The van der Waals surface area contributed by atoms with Gasteiger partial charge >= 0.3 is 0 Å². The normalized spacial score (nSPS) is 20.7. The number of aliphatic imine (C=N–C) groups is 1. The van der Waals surface area contributed by atoms with Crippen LogP contribution in [0, 0.1) is 0 Å². The van der Waals surface area contributed by atoms with Crippen LogP contribution < -0.4 is 0 Å². The maximum Gasteiger partial charge on any atom is 0.179 e. The zero-order chi connectivity index (χ0) is 17.9. The van der Waals surface area contributed by atoms with Crippen molar-refractivity contribution in [3.8, 4) is 0 Å². The molecule has 26 heavy (non-hydrogen) atoms. The molecule has 132 valence electrons. The third-order valence-electron chi connectivity index (χ3n) is 4.79. The van der Waals surface area contributed by atoms with Gasteiger partial charge in [0, 0.05) is 49.3 Å². The number of rotatable bonds is 3. The number of hydrogen-bond acceptors (Lipinski definition) is 4. The number of benzene rings is 1. The van der Waals surface area contributed by atoms with Crippen molar-refractivity contribution in [3.63, 3.8) is 0 Å². The highest BCUT2D eigenvalue weighted by Crippen LogP contribution is 2.29. The van der Waals surface area contributed by atoms with E-state index < -0.39 is 0 Å². The number of hydrogen-bond donors (Lipinski definition) is 0. The third-order valence-corrected chi connectivity index (χ3v) is 5.12. The lowest BCUT2D eigenvalue weighted by atomic mass is 10.0. The van der Waals surface area contributed by atoms with Crippen molar-refractivity contribution >= 4 is 22.9 Å². The summed E-state index contributed by atoms with van der Waals surface area (Å²) in [6, 6.07) is 12.0. The summed E-state index contributed by atoms with van der Waals surface area (Å²) >= 11 is 6.41. The van der Waals surface area contributed by atoms with Crippen molar-refractivity contribution in [1.29, 1.82) is 0 Å². The first-order chi connectivity index (χ1) is 12.7. The van der Waals surface area contributed by atoms with Crippen LogP contribution in [0.15, 0.2) is 72.1 Å². The van der Waals surface area contributed by atoms with Gasteiger partial charge in [-0.1, -0.05) is 35.9 Å². The molecule has 0 spiro atoms. The molecular weight excluding hydrogens is 344 g/mol. The van der Waals surface area contributed by atoms with Crippen LogP contribution in [0.2, 0.25) is 5.02 Å². The van der Waals surface area contributed by atoms with Crippen molar-refractivity contribution in [2.75, 3.05) is 20.1 Å². The van der Waals surface area contributed by atoms with Crippen LogP contribution in [0.25, 0.3) is 5.57 Å². The lowest BCUT2D eigenvalue weighted by Crippen LogP contribution is -2.47. The molecule has 4 rings (SSSR count). The molecule has 0 fully saturated rings. The van der Waals surface area contributed by atoms with Gasteiger partial charge < -0.3 is 4.90 Å². The average molecular weight is 365 g/mol. The van der Waals surface area contributed by atoms with E-state index in [-0.39, 0.29) is 6.29 Å². The molecule has 2 aliphatic rings. The Labute approximate surface area is 159 Å². The Bertz CT molecular complexity index is 873. The van der Waals surface area contributed by atoms with E-state index in [4.69, 9.17) is 16.6 Å². The van der Waals surface area contributed by atoms with Gasteiger partial charge in [0.25, 0.3) is 0 Å². The van der Waals surface area contributed by atoms with Crippen LogP contribution in [-0.2, 0) is 0 Å². The van der Waals surface area contributed by atoms with E-state index >= 15 is 0 Å². The van der Waals surface area contributed by atoms with Crippen molar-refractivity contribution in [2.24, 2.45) is 4.99 Å². The summed E-state index contributed by atoms with van der Waals surface area (Å²) in [7, 11) is 2.07. The Balaban J connectivity index is 1.59. The standard InChI is InChI=1S/C21H21ClN4/c1-25-14-10-20(16-8-11-23-12-9-16)24-21(25)26-13-4-5-17(15-26)18-6-2-3-7-19(18)22/h2-3,5-12,14,21H,4,13,15H2,1H3. The summed E-state index contributed by atoms with van der Waals surface area (Å²) in [5.74, 6) is 0. The molecule has 0 saturated heterocycles. The van der Waals surface area contributed by atoms with Crippen molar-refractivity contribution < 1.29 is 0 Å². The average Bonchev–Trinajstić information content (AvgIpc) is 2.69. The summed E-state index contributed by atoms with van der Waals surface area (Å²) in [4.78, 5) is 13.6. The lowest BCUT2D eigenvalue weighted by molar-refractivity contribution is 0.111. The van der Waals surface area contributed by atoms with Gasteiger partial charge in [0.1, 0.15) is 0 Å². The highest BCUT2D eigenvalue weighted by atomic mass is 35.5. The number of pyridine rings is 1. The Morgan fingerprint density at radius 2 is 1.92 bits per heavy atom. The van der Waals surface area contributed by atoms with Crippen LogP contribution in [-0.4, -0.2) is 46.9 Å². The molecule has 0 N–H and O–H groups in total. The fourth-order valence-corrected chi connectivity index (χ4v) is 3.69. The summed E-state index contributed by atoms with van der Waals surface area (Å²) in [6.45, 7) is 1.81. The molecule has 0 amide bonds. The number of nitrogens with zero attached hydrogens (tertiary/aromatic N) is 4. The summed E-state index contributed by atoms with van der Waals surface area (Å²) in [5, 5.41) is 0.804. The van der Waals surface area contributed by atoms with Gasteiger partial charge in [0.15, 0.2) is 6.29 Å². The first-order valence-electron chi connectivity index (χ1n) is 8.79. The molecule has 1 unspecified atom stereocenters. The second-order valence-corrected chi connectivity index (χ2v) is 6.95. The fraction of sp³-hybridized carbons (Fsp3) is 0.238. The van der Waals surface area contributed by atoms with Crippen LogP contribution in [0.3, 0.4) is 0 Å². The van der Waals surface area contributed by atoms with Crippen LogP contribution in [0.5, 0.6) is 0 Å². The zero-order valence-electron chi connectivity index (χ0n) is 14.7. The Kier molecular flexibility index (Phi) is 4.87.